The summed E-state index contributed by atoms with van der Waals surface area (Å²) in [5.74, 6) is 1.78. The van der Waals surface area contributed by atoms with Crippen LogP contribution in [0.2, 0.25) is 0 Å². The summed E-state index contributed by atoms with van der Waals surface area (Å²) >= 11 is 0. The van der Waals surface area contributed by atoms with Gasteiger partial charge in [0, 0.05) is 37.7 Å². The van der Waals surface area contributed by atoms with Gasteiger partial charge in [-0.1, -0.05) is 32.9 Å². The van der Waals surface area contributed by atoms with Crippen LogP contribution in [0, 0.1) is 5.92 Å². The molecule has 0 saturated carbocycles. The molecule has 1 atom stereocenters. The molecule has 0 spiro atoms. The molecule has 29 heavy (non-hydrogen) atoms. The molecule has 0 saturated heterocycles. The van der Waals surface area contributed by atoms with Crippen LogP contribution in [0.1, 0.15) is 45.5 Å². The van der Waals surface area contributed by atoms with Crippen LogP contribution in [0.3, 0.4) is 0 Å². The van der Waals surface area contributed by atoms with E-state index in [1.807, 2.05) is 49.6 Å². The number of aryl methyl sites for hydroxylation is 1. The van der Waals surface area contributed by atoms with Crippen molar-refractivity contribution in [1.29, 1.82) is 0 Å². The summed E-state index contributed by atoms with van der Waals surface area (Å²) < 4.78 is 2.04. The zero-order valence-electron chi connectivity index (χ0n) is 17.9. The third-order valence-electron chi connectivity index (χ3n) is 4.68. The number of nitrogens with zero attached hydrogens (tertiary/aromatic N) is 4. The maximum atomic E-state index is 12.1. The number of amides is 1. The van der Waals surface area contributed by atoms with E-state index in [-0.39, 0.29) is 11.8 Å². The van der Waals surface area contributed by atoms with E-state index in [9.17, 15) is 4.79 Å². The van der Waals surface area contributed by atoms with Crippen LogP contribution in [0.25, 0.3) is 0 Å². The molecule has 1 heterocycles. The van der Waals surface area contributed by atoms with E-state index < -0.39 is 0 Å². The lowest BCUT2D eigenvalue weighted by Gasteiger charge is -2.13. The molecule has 0 radical (unpaired) electrons. The predicted molar refractivity (Wildman–Crippen MR) is 117 cm³/mol. The van der Waals surface area contributed by atoms with Crippen LogP contribution in [-0.2, 0) is 24.3 Å². The van der Waals surface area contributed by atoms with Crippen LogP contribution in [0.5, 0.6) is 0 Å². The molecule has 2 rings (SSSR count). The van der Waals surface area contributed by atoms with Gasteiger partial charge < -0.3 is 20.5 Å². The van der Waals surface area contributed by atoms with Gasteiger partial charge in [-0.25, -0.2) is 4.99 Å². The molecular formula is C21H33N7O. The molecule has 0 aliphatic carbocycles. The fraction of sp³-hybridized carbons (Fsp3) is 0.524. The second-order valence-corrected chi connectivity index (χ2v) is 6.91. The zero-order chi connectivity index (χ0) is 21.1. The van der Waals surface area contributed by atoms with Crippen molar-refractivity contribution in [2.24, 2.45) is 10.9 Å². The Hall–Kier alpha value is -2.90. The quantitative estimate of drug-likeness (QED) is 0.421. The van der Waals surface area contributed by atoms with Gasteiger partial charge in [0.1, 0.15) is 12.2 Å². The molecule has 1 aromatic carbocycles. The first-order chi connectivity index (χ1) is 14.1. The lowest BCUT2D eigenvalue weighted by atomic mass is 10.1. The fourth-order valence-corrected chi connectivity index (χ4v) is 2.74. The number of benzene rings is 1. The number of hydrogen-bond acceptors (Lipinski definition) is 4. The fourth-order valence-electron chi connectivity index (χ4n) is 2.74. The number of rotatable bonds is 10. The number of hydrogen-bond donors (Lipinski definition) is 3. The van der Waals surface area contributed by atoms with Crippen molar-refractivity contribution >= 4 is 17.6 Å². The van der Waals surface area contributed by atoms with Gasteiger partial charge >= 0.3 is 0 Å². The summed E-state index contributed by atoms with van der Waals surface area (Å²) in [5.41, 5.74) is 1.84. The Morgan fingerprint density at radius 2 is 2.07 bits per heavy atom. The van der Waals surface area contributed by atoms with Crippen LogP contribution in [-0.4, -0.2) is 39.7 Å². The SMILES string of the molecule is CCNC(=NCc1cccc(NC(=O)C(C)CC)c1)NCCn1cnnc1CC. The van der Waals surface area contributed by atoms with Crippen LogP contribution in [0.4, 0.5) is 5.69 Å². The van der Waals surface area contributed by atoms with E-state index in [1.54, 1.807) is 6.33 Å². The summed E-state index contributed by atoms with van der Waals surface area (Å²) in [7, 11) is 0. The summed E-state index contributed by atoms with van der Waals surface area (Å²) in [6.07, 6.45) is 3.43. The molecule has 1 unspecified atom stereocenters. The lowest BCUT2D eigenvalue weighted by molar-refractivity contribution is -0.119. The molecule has 158 valence electrons. The first-order valence-corrected chi connectivity index (χ1v) is 10.4. The minimum Gasteiger partial charge on any atom is -0.357 e. The molecule has 0 fully saturated rings. The standard InChI is InChI=1S/C21H33N7O/c1-5-16(4)20(29)26-18-10-8-9-17(13-18)14-24-21(22-7-3)23-11-12-28-15-25-27-19(28)6-2/h8-10,13,15-16H,5-7,11-12,14H2,1-4H3,(H,26,29)(H2,22,23,24). The normalized spacial score (nSPS) is 12.5. The molecule has 2 aromatic rings. The second-order valence-electron chi connectivity index (χ2n) is 6.91. The van der Waals surface area contributed by atoms with Gasteiger partial charge in [-0.15, -0.1) is 10.2 Å². The number of guanidine groups is 1. The topological polar surface area (TPSA) is 96.2 Å². The van der Waals surface area contributed by atoms with E-state index >= 15 is 0 Å². The maximum absolute atomic E-state index is 12.1. The molecular weight excluding hydrogens is 366 g/mol. The molecule has 8 heteroatoms. The third-order valence-corrected chi connectivity index (χ3v) is 4.68. The number of carbonyl (C=O) groups excluding carboxylic acids is 1. The maximum Gasteiger partial charge on any atom is 0.227 e. The van der Waals surface area contributed by atoms with Gasteiger partial charge in [0.15, 0.2) is 5.96 Å². The highest BCUT2D eigenvalue weighted by molar-refractivity contribution is 5.92. The Balaban J connectivity index is 1.93. The highest BCUT2D eigenvalue weighted by Gasteiger charge is 2.10. The van der Waals surface area contributed by atoms with Crippen LogP contribution < -0.4 is 16.0 Å². The smallest absolute Gasteiger partial charge is 0.227 e. The Bertz CT molecular complexity index is 800. The molecule has 0 aliphatic heterocycles. The van der Waals surface area contributed by atoms with Gasteiger partial charge in [0.2, 0.25) is 5.91 Å². The Labute approximate surface area is 173 Å². The van der Waals surface area contributed by atoms with Gasteiger partial charge in [-0.3, -0.25) is 4.79 Å². The van der Waals surface area contributed by atoms with E-state index in [2.05, 4.69) is 38.1 Å². The minimum absolute atomic E-state index is 0.000143. The monoisotopic (exact) mass is 399 g/mol. The Morgan fingerprint density at radius 1 is 1.24 bits per heavy atom. The molecule has 1 amide bonds. The third kappa shape index (κ3) is 7.21. The molecule has 3 N–H and O–H groups in total. The summed E-state index contributed by atoms with van der Waals surface area (Å²) in [4.78, 5) is 16.8. The van der Waals surface area contributed by atoms with Crippen LogP contribution >= 0.6 is 0 Å². The average molecular weight is 400 g/mol. The van der Waals surface area contributed by atoms with Gasteiger partial charge in [-0.05, 0) is 31.0 Å². The van der Waals surface area contributed by atoms with Crippen molar-refractivity contribution in [3.05, 3.63) is 42.0 Å². The predicted octanol–water partition coefficient (Wildman–Crippen LogP) is 2.58. The van der Waals surface area contributed by atoms with Crippen molar-refractivity contribution in [2.45, 2.75) is 53.6 Å². The van der Waals surface area contributed by atoms with Crippen molar-refractivity contribution < 1.29 is 4.79 Å². The number of aromatic nitrogens is 3. The summed E-state index contributed by atoms with van der Waals surface area (Å²) in [6.45, 7) is 10.9. The summed E-state index contributed by atoms with van der Waals surface area (Å²) in [5, 5.41) is 17.6. The van der Waals surface area contributed by atoms with Gasteiger partial charge in [0.25, 0.3) is 0 Å². The van der Waals surface area contributed by atoms with Crippen molar-refractivity contribution in [3.63, 3.8) is 0 Å². The number of nitrogens with one attached hydrogen (secondary N) is 3. The lowest BCUT2D eigenvalue weighted by Crippen LogP contribution is -2.38. The Morgan fingerprint density at radius 3 is 2.79 bits per heavy atom. The number of carbonyl (C=O) groups is 1. The number of aliphatic imine (C=N–C) groups is 1. The molecule has 8 nitrogen and oxygen atoms in total. The van der Waals surface area contributed by atoms with Gasteiger partial charge in [0.05, 0.1) is 6.54 Å². The van der Waals surface area contributed by atoms with Crippen molar-refractivity contribution in [1.82, 2.24) is 25.4 Å². The second kappa shape index (κ2) is 11.8. The zero-order valence-corrected chi connectivity index (χ0v) is 17.9. The highest BCUT2D eigenvalue weighted by atomic mass is 16.1. The van der Waals surface area contributed by atoms with E-state index in [1.165, 1.54) is 0 Å². The summed E-state index contributed by atoms with van der Waals surface area (Å²) in [6, 6.07) is 7.83. The van der Waals surface area contributed by atoms with E-state index in [0.29, 0.717) is 6.54 Å². The van der Waals surface area contributed by atoms with E-state index in [4.69, 9.17) is 0 Å². The van der Waals surface area contributed by atoms with Crippen LogP contribution in [0.15, 0.2) is 35.6 Å². The first-order valence-electron chi connectivity index (χ1n) is 10.4. The van der Waals surface area contributed by atoms with Crippen molar-refractivity contribution in [3.8, 4) is 0 Å². The molecule has 0 aliphatic rings. The Kier molecular flexibility index (Phi) is 9.14. The molecule has 0 bridgehead atoms. The average Bonchev–Trinajstić information content (AvgIpc) is 3.19. The van der Waals surface area contributed by atoms with Crippen molar-refractivity contribution in [2.75, 3.05) is 18.4 Å². The number of anilines is 1. The van der Waals surface area contributed by atoms with E-state index in [0.717, 1.165) is 55.5 Å². The minimum atomic E-state index is 0.000143. The first kappa shape index (κ1) is 22.4. The highest BCUT2D eigenvalue weighted by Crippen LogP contribution is 2.13. The largest absolute Gasteiger partial charge is 0.357 e. The van der Waals surface area contributed by atoms with Gasteiger partial charge in [-0.2, -0.15) is 0 Å². The molecule has 1 aromatic heterocycles.